The van der Waals surface area contributed by atoms with E-state index in [1.807, 2.05) is 13.1 Å². The summed E-state index contributed by atoms with van der Waals surface area (Å²) in [6.07, 6.45) is 1.71. The summed E-state index contributed by atoms with van der Waals surface area (Å²) in [7, 11) is 3.44. The van der Waals surface area contributed by atoms with Crippen molar-refractivity contribution < 1.29 is 4.74 Å². The summed E-state index contributed by atoms with van der Waals surface area (Å²) in [4.78, 5) is 4.11. The molecule has 0 fully saturated rings. The van der Waals surface area contributed by atoms with Gasteiger partial charge in [-0.2, -0.15) is 0 Å². The van der Waals surface area contributed by atoms with Gasteiger partial charge in [0.05, 0.1) is 24.7 Å². The minimum absolute atomic E-state index is 0.431. The van der Waals surface area contributed by atoms with Crippen molar-refractivity contribution in [3.63, 3.8) is 0 Å². The van der Waals surface area contributed by atoms with Crippen molar-refractivity contribution in [3.8, 4) is 5.75 Å². The summed E-state index contributed by atoms with van der Waals surface area (Å²) >= 11 is 0. The summed E-state index contributed by atoms with van der Waals surface area (Å²) in [5.74, 6) is 0.771. The Hall–Kier alpha value is -1.29. The molecule has 0 spiro atoms. The van der Waals surface area contributed by atoms with Gasteiger partial charge in [-0.25, -0.2) is 0 Å². The van der Waals surface area contributed by atoms with E-state index in [1.165, 1.54) is 0 Å². The Bertz CT molecular complexity index is 262. The van der Waals surface area contributed by atoms with Crippen LogP contribution in [0.25, 0.3) is 0 Å². The van der Waals surface area contributed by atoms with Gasteiger partial charge in [0, 0.05) is 19.7 Å². The molecule has 0 saturated carbocycles. The highest BCUT2D eigenvalue weighted by molar-refractivity contribution is 5.54. The number of nitrogens with two attached hydrogens (primary N) is 1. The van der Waals surface area contributed by atoms with Gasteiger partial charge in [0.2, 0.25) is 0 Å². The molecular weight excluding hydrogens is 154 g/mol. The second-order valence-electron chi connectivity index (χ2n) is 2.33. The fraction of sp³-hybridized carbons (Fsp3) is 0.375. The second-order valence-corrected chi connectivity index (χ2v) is 2.33. The molecule has 0 radical (unpaired) electrons. The molecule has 1 rings (SSSR count). The predicted octanol–water partition coefficient (Wildman–Crippen LogP) is 0.591. The molecular formula is C8H13N3O. The number of methoxy groups -OCH3 is 1. The average molecular weight is 167 g/mol. The zero-order valence-corrected chi connectivity index (χ0v) is 7.29. The Labute approximate surface area is 71.7 Å². The maximum absolute atomic E-state index is 5.43. The van der Waals surface area contributed by atoms with Crippen molar-refractivity contribution in [1.82, 2.24) is 4.98 Å². The van der Waals surface area contributed by atoms with E-state index in [0.717, 1.165) is 17.1 Å². The topological polar surface area (TPSA) is 60.2 Å². The molecule has 12 heavy (non-hydrogen) atoms. The van der Waals surface area contributed by atoms with E-state index in [2.05, 4.69) is 10.3 Å². The van der Waals surface area contributed by atoms with Gasteiger partial charge in [-0.15, -0.1) is 0 Å². The minimum Gasteiger partial charge on any atom is -0.494 e. The van der Waals surface area contributed by atoms with Crippen molar-refractivity contribution in [2.75, 3.05) is 19.5 Å². The minimum atomic E-state index is 0.431. The Morgan fingerprint density at radius 1 is 1.67 bits per heavy atom. The Morgan fingerprint density at radius 2 is 2.42 bits per heavy atom. The molecule has 0 aromatic carbocycles. The van der Waals surface area contributed by atoms with Crippen molar-refractivity contribution >= 4 is 5.69 Å². The Morgan fingerprint density at radius 3 is 2.92 bits per heavy atom. The lowest BCUT2D eigenvalue weighted by Crippen LogP contribution is -2.02. The first kappa shape index (κ1) is 8.80. The van der Waals surface area contributed by atoms with Crippen LogP contribution in [-0.2, 0) is 6.54 Å². The predicted molar refractivity (Wildman–Crippen MR) is 48.2 cm³/mol. The van der Waals surface area contributed by atoms with Gasteiger partial charge < -0.3 is 15.8 Å². The zero-order chi connectivity index (χ0) is 8.97. The summed E-state index contributed by atoms with van der Waals surface area (Å²) in [5, 5.41) is 2.97. The fourth-order valence-corrected chi connectivity index (χ4v) is 0.946. The van der Waals surface area contributed by atoms with Crippen LogP contribution in [0.3, 0.4) is 0 Å². The number of rotatable bonds is 3. The molecule has 4 nitrogen and oxygen atoms in total. The van der Waals surface area contributed by atoms with E-state index < -0.39 is 0 Å². The van der Waals surface area contributed by atoms with Crippen LogP contribution in [0.2, 0.25) is 0 Å². The third-order valence-electron chi connectivity index (χ3n) is 1.62. The number of nitrogens with zero attached hydrogens (tertiary/aromatic N) is 1. The molecule has 3 N–H and O–H groups in total. The molecule has 66 valence electrons. The molecule has 0 bridgehead atoms. The van der Waals surface area contributed by atoms with E-state index >= 15 is 0 Å². The summed E-state index contributed by atoms with van der Waals surface area (Å²) < 4.78 is 5.12. The molecule has 0 amide bonds. The van der Waals surface area contributed by atoms with Gasteiger partial charge in [0.1, 0.15) is 5.75 Å². The first-order chi connectivity index (χ1) is 5.81. The lowest BCUT2D eigenvalue weighted by Gasteiger charge is -2.07. The lowest BCUT2D eigenvalue weighted by atomic mass is 10.3. The molecule has 0 aliphatic rings. The van der Waals surface area contributed by atoms with Gasteiger partial charge in [-0.3, -0.25) is 4.98 Å². The summed E-state index contributed by atoms with van der Waals surface area (Å²) in [5.41, 5.74) is 7.12. The first-order valence-corrected chi connectivity index (χ1v) is 3.72. The third kappa shape index (κ3) is 1.65. The highest BCUT2D eigenvalue weighted by Gasteiger charge is 2.01. The Kier molecular flexibility index (Phi) is 2.88. The van der Waals surface area contributed by atoms with Crippen molar-refractivity contribution in [1.29, 1.82) is 0 Å². The SMILES string of the molecule is CNc1cnc(CN)cc1OC. The Balaban J connectivity index is 3.02. The molecule has 0 unspecified atom stereocenters. The largest absolute Gasteiger partial charge is 0.494 e. The highest BCUT2D eigenvalue weighted by Crippen LogP contribution is 2.22. The normalized spacial score (nSPS) is 9.58. The summed E-state index contributed by atoms with van der Waals surface area (Å²) in [6, 6.07) is 1.83. The molecule has 1 aromatic heterocycles. The third-order valence-corrected chi connectivity index (χ3v) is 1.62. The van der Waals surface area contributed by atoms with Gasteiger partial charge in [-0.1, -0.05) is 0 Å². The van der Waals surface area contributed by atoms with Crippen molar-refractivity contribution in [2.45, 2.75) is 6.54 Å². The van der Waals surface area contributed by atoms with E-state index in [4.69, 9.17) is 10.5 Å². The molecule has 0 atom stereocenters. The van der Waals surface area contributed by atoms with Gasteiger partial charge in [-0.05, 0) is 0 Å². The molecule has 1 heterocycles. The van der Waals surface area contributed by atoms with Crippen LogP contribution in [0.1, 0.15) is 5.69 Å². The molecule has 0 aliphatic heterocycles. The summed E-state index contributed by atoms with van der Waals surface area (Å²) in [6.45, 7) is 0.431. The quantitative estimate of drug-likeness (QED) is 0.691. The van der Waals surface area contributed by atoms with E-state index in [9.17, 15) is 0 Å². The van der Waals surface area contributed by atoms with Crippen LogP contribution >= 0.6 is 0 Å². The number of aromatic nitrogens is 1. The van der Waals surface area contributed by atoms with Gasteiger partial charge >= 0.3 is 0 Å². The first-order valence-electron chi connectivity index (χ1n) is 3.72. The van der Waals surface area contributed by atoms with Crippen LogP contribution in [-0.4, -0.2) is 19.1 Å². The maximum Gasteiger partial charge on any atom is 0.145 e. The average Bonchev–Trinajstić information content (AvgIpc) is 2.16. The number of nitrogens with one attached hydrogen (secondary N) is 1. The zero-order valence-electron chi connectivity index (χ0n) is 7.29. The van der Waals surface area contributed by atoms with E-state index in [0.29, 0.717) is 6.54 Å². The molecule has 4 heteroatoms. The van der Waals surface area contributed by atoms with Crippen LogP contribution < -0.4 is 15.8 Å². The number of ether oxygens (including phenoxy) is 1. The lowest BCUT2D eigenvalue weighted by molar-refractivity contribution is 0.415. The van der Waals surface area contributed by atoms with Crippen LogP contribution in [0.4, 0.5) is 5.69 Å². The highest BCUT2D eigenvalue weighted by atomic mass is 16.5. The number of hydrogen-bond acceptors (Lipinski definition) is 4. The smallest absolute Gasteiger partial charge is 0.145 e. The van der Waals surface area contributed by atoms with Crippen LogP contribution in [0.15, 0.2) is 12.3 Å². The second kappa shape index (κ2) is 3.92. The van der Waals surface area contributed by atoms with E-state index in [1.54, 1.807) is 13.3 Å². The number of pyridine rings is 1. The van der Waals surface area contributed by atoms with Gasteiger partial charge in [0.25, 0.3) is 0 Å². The van der Waals surface area contributed by atoms with Crippen LogP contribution in [0.5, 0.6) is 5.75 Å². The number of hydrogen-bond donors (Lipinski definition) is 2. The maximum atomic E-state index is 5.43. The number of anilines is 1. The monoisotopic (exact) mass is 167 g/mol. The standard InChI is InChI=1S/C8H13N3O/c1-10-7-5-11-6(4-9)3-8(7)12-2/h3,5,10H,4,9H2,1-2H3. The van der Waals surface area contributed by atoms with E-state index in [-0.39, 0.29) is 0 Å². The molecule has 1 aromatic rings. The van der Waals surface area contributed by atoms with Gasteiger partial charge in [0.15, 0.2) is 0 Å². The van der Waals surface area contributed by atoms with Crippen molar-refractivity contribution in [2.24, 2.45) is 5.73 Å². The fourth-order valence-electron chi connectivity index (χ4n) is 0.946. The molecule has 0 saturated heterocycles. The van der Waals surface area contributed by atoms with Crippen molar-refractivity contribution in [3.05, 3.63) is 18.0 Å². The van der Waals surface area contributed by atoms with Crippen LogP contribution in [0, 0.1) is 0 Å². The molecule has 0 aliphatic carbocycles.